The van der Waals surface area contributed by atoms with Crippen LogP contribution in [0.1, 0.15) is 24.8 Å². The molecule has 0 radical (unpaired) electrons. The molecular weight excluding hydrogens is 324 g/mol. The highest BCUT2D eigenvalue weighted by Gasteiger charge is 2.41. The van der Waals surface area contributed by atoms with Crippen LogP contribution in [0.2, 0.25) is 18.6 Å². The summed E-state index contributed by atoms with van der Waals surface area (Å²) in [5.74, 6) is 0. The van der Waals surface area contributed by atoms with Crippen LogP contribution < -0.4 is 5.19 Å². The van der Waals surface area contributed by atoms with Crippen molar-refractivity contribution in [2.24, 2.45) is 0 Å². The highest BCUT2D eigenvalue weighted by Crippen LogP contribution is 2.38. The van der Waals surface area contributed by atoms with Gasteiger partial charge in [0.25, 0.3) is 0 Å². The van der Waals surface area contributed by atoms with Crippen LogP contribution in [0.25, 0.3) is 0 Å². The Kier molecular flexibility index (Phi) is 6.46. The molecule has 3 rings (SSSR count). The molecule has 1 saturated heterocycles. The molecule has 1 fully saturated rings. The van der Waals surface area contributed by atoms with E-state index in [1.807, 2.05) is 6.07 Å². The molecule has 0 N–H and O–H groups in total. The first kappa shape index (κ1) is 18.4. The van der Waals surface area contributed by atoms with Crippen LogP contribution in [-0.4, -0.2) is 27.4 Å². The van der Waals surface area contributed by atoms with Crippen molar-refractivity contribution in [3.8, 4) is 0 Å². The Morgan fingerprint density at radius 3 is 2.40 bits per heavy atom. The molecule has 0 spiro atoms. The van der Waals surface area contributed by atoms with Gasteiger partial charge < -0.3 is 9.47 Å². The van der Waals surface area contributed by atoms with Gasteiger partial charge in [-0.1, -0.05) is 78.9 Å². The minimum atomic E-state index is -1.50. The number of benzene rings is 2. The molecular formula is C22H30O2Si. The van der Waals surface area contributed by atoms with Gasteiger partial charge in [0.15, 0.2) is 0 Å². The van der Waals surface area contributed by atoms with Gasteiger partial charge in [-0.25, -0.2) is 0 Å². The van der Waals surface area contributed by atoms with Crippen LogP contribution in [0.4, 0.5) is 0 Å². The molecule has 0 aromatic heterocycles. The molecule has 2 aromatic carbocycles. The van der Waals surface area contributed by atoms with E-state index < -0.39 is 8.07 Å². The van der Waals surface area contributed by atoms with E-state index in [9.17, 15) is 0 Å². The highest BCUT2D eigenvalue weighted by atomic mass is 28.3. The van der Waals surface area contributed by atoms with Crippen LogP contribution >= 0.6 is 0 Å². The van der Waals surface area contributed by atoms with E-state index in [0.29, 0.717) is 18.3 Å². The summed E-state index contributed by atoms with van der Waals surface area (Å²) in [5.41, 5.74) is 1.96. The minimum Gasteiger partial charge on any atom is -0.378 e. The largest absolute Gasteiger partial charge is 0.378 e. The van der Waals surface area contributed by atoms with Gasteiger partial charge in [0.2, 0.25) is 0 Å². The molecule has 1 aliphatic heterocycles. The summed E-state index contributed by atoms with van der Waals surface area (Å²) in [6, 6.07) is 21.5. The predicted molar refractivity (Wildman–Crippen MR) is 107 cm³/mol. The molecule has 1 heterocycles. The van der Waals surface area contributed by atoms with Crippen molar-refractivity contribution in [1.29, 1.82) is 0 Å². The molecule has 0 amide bonds. The van der Waals surface area contributed by atoms with Crippen molar-refractivity contribution in [3.05, 3.63) is 66.2 Å². The third-order valence-corrected chi connectivity index (χ3v) is 9.88. The Bertz CT molecular complexity index is 627. The van der Waals surface area contributed by atoms with E-state index in [2.05, 4.69) is 67.7 Å². The summed E-state index contributed by atoms with van der Waals surface area (Å²) in [4.78, 5) is 0. The first-order valence-corrected chi connectivity index (χ1v) is 12.5. The second-order valence-corrected chi connectivity index (χ2v) is 12.3. The molecule has 0 aliphatic carbocycles. The summed E-state index contributed by atoms with van der Waals surface area (Å²) in [6.07, 6.45) is 3.81. The molecule has 3 heteroatoms. The molecule has 2 aromatic rings. The first-order chi connectivity index (χ1) is 12.2. The third kappa shape index (κ3) is 4.81. The highest BCUT2D eigenvalue weighted by molar-refractivity contribution is 6.91. The van der Waals surface area contributed by atoms with E-state index in [0.717, 1.165) is 26.1 Å². The van der Waals surface area contributed by atoms with Gasteiger partial charge >= 0.3 is 0 Å². The summed E-state index contributed by atoms with van der Waals surface area (Å²) >= 11 is 0. The van der Waals surface area contributed by atoms with Gasteiger partial charge in [0, 0.05) is 13.2 Å². The molecule has 0 unspecified atom stereocenters. The molecule has 2 nitrogen and oxygen atoms in total. The van der Waals surface area contributed by atoms with E-state index in [1.165, 1.54) is 12.0 Å². The van der Waals surface area contributed by atoms with Gasteiger partial charge in [0.05, 0.1) is 20.8 Å². The maximum Gasteiger partial charge on any atom is 0.0863 e. The zero-order valence-corrected chi connectivity index (χ0v) is 16.5. The first-order valence-electron chi connectivity index (χ1n) is 9.47. The molecule has 1 aliphatic rings. The van der Waals surface area contributed by atoms with Crippen LogP contribution in [0.3, 0.4) is 0 Å². The Labute approximate surface area is 153 Å². The van der Waals surface area contributed by atoms with E-state index in [1.54, 1.807) is 5.19 Å². The van der Waals surface area contributed by atoms with Crippen molar-refractivity contribution in [2.75, 3.05) is 13.2 Å². The van der Waals surface area contributed by atoms with Crippen molar-refractivity contribution in [3.63, 3.8) is 0 Å². The van der Waals surface area contributed by atoms with Crippen LogP contribution in [0.15, 0.2) is 60.7 Å². The number of hydrogen-bond acceptors (Lipinski definition) is 2. The quantitative estimate of drug-likeness (QED) is 0.503. The summed E-state index contributed by atoms with van der Waals surface area (Å²) in [7, 11) is -1.50. The SMILES string of the molecule is C[Si](C)(c1ccccc1)[C@@H]1CCO[C@H]1CCCOCc1ccccc1. The monoisotopic (exact) mass is 354 g/mol. The van der Waals surface area contributed by atoms with Crippen molar-refractivity contribution >= 4 is 13.3 Å². The van der Waals surface area contributed by atoms with E-state index in [-0.39, 0.29) is 0 Å². The third-order valence-electron chi connectivity index (χ3n) is 5.54. The smallest absolute Gasteiger partial charge is 0.0863 e. The van der Waals surface area contributed by atoms with Crippen LogP contribution in [0, 0.1) is 0 Å². The molecule has 0 bridgehead atoms. The second-order valence-electron chi connectivity index (χ2n) is 7.57. The number of ether oxygens (including phenoxy) is 2. The lowest BCUT2D eigenvalue weighted by molar-refractivity contribution is 0.0769. The minimum absolute atomic E-state index is 0.405. The topological polar surface area (TPSA) is 18.5 Å². The standard InChI is InChI=1S/C22H30O2Si/c1-25(2,20-12-7-4-8-13-20)22-15-17-24-21(22)14-9-16-23-18-19-10-5-3-6-11-19/h3-8,10-13,21-22H,9,14-18H2,1-2H3/t21-,22+/m0/s1. The fraction of sp³-hybridized carbons (Fsp3) is 0.455. The van der Waals surface area contributed by atoms with Crippen molar-refractivity contribution < 1.29 is 9.47 Å². The average molecular weight is 355 g/mol. The maximum atomic E-state index is 6.12. The lowest BCUT2D eigenvalue weighted by atomic mass is 10.1. The van der Waals surface area contributed by atoms with E-state index in [4.69, 9.17) is 9.47 Å². The van der Waals surface area contributed by atoms with Crippen molar-refractivity contribution in [1.82, 2.24) is 0 Å². The molecule has 25 heavy (non-hydrogen) atoms. The Hall–Kier alpha value is -1.42. The number of hydrogen-bond donors (Lipinski definition) is 0. The van der Waals surface area contributed by atoms with Gasteiger partial charge in [-0.3, -0.25) is 0 Å². The lowest BCUT2D eigenvalue weighted by Crippen LogP contribution is -2.48. The maximum absolute atomic E-state index is 6.12. The van der Waals surface area contributed by atoms with Crippen LogP contribution in [0.5, 0.6) is 0 Å². The lowest BCUT2D eigenvalue weighted by Gasteiger charge is -2.33. The van der Waals surface area contributed by atoms with Gasteiger partial charge in [-0.2, -0.15) is 0 Å². The zero-order chi connectivity index (χ0) is 17.5. The number of rotatable bonds is 8. The van der Waals surface area contributed by atoms with Gasteiger partial charge in [0.1, 0.15) is 0 Å². The fourth-order valence-electron chi connectivity index (χ4n) is 3.99. The van der Waals surface area contributed by atoms with E-state index >= 15 is 0 Å². The van der Waals surface area contributed by atoms with Crippen LogP contribution in [-0.2, 0) is 16.1 Å². The normalized spacial score (nSPS) is 20.7. The molecule has 134 valence electrons. The second kappa shape index (κ2) is 8.79. The summed E-state index contributed by atoms with van der Waals surface area (Å²) in [6.45, 7) is 7.44. The van der Waals surface area contributed by atoms with Crippen molar-refractivity contribution in [2.45, 2.75) is 50.6 Å². The van der Waals surface area contributed by atoms with Gasteiger partial charge in [-0.15, -0.1) is 0 Å². The Morgan fingerprint density at radius 1 is 1.00 bits per heavy atom. The Morgan fingerprint density at radius 2 is 1.68 bits per heavy atom. The zero-order valence-electron chi connectivity index (χ0n) is 15.5. The predicted octanol–water partition coefficient (Wildman–Crippen LogP) is 4.76. The molecule has 0 saturated carbocycles. The Balaban J connectivity index is 1.47. The molecule has 2 atom stereocenters. The summed E-state index contributed by atoms with van der Waals surface area (Å²) < 4.78 is 12.0. The average Bonchev–Trinajstić information content (AvgIpc) is 3.12. The van der Waals surface area contributed by atoms with Gasteiger partial charge in [-0.05, 0) is 30.4 Å². The summed E-state index contributed by atoms with van der Waals surface area (Å²) in [5, 5.41) is 1.55. The fourth-order valence-corrected chi connectivity index (χ4v) is 7.50.